The van der Waals surface area contributed by atoms with Crippen LogP contribution in [0.15, 0.2) is 21.2 Å². The Labute approximate surface area is 114 Å². The fraction of sp³-hybridized carbons (Fsp3) is 0.100. The van der Waals surface area contributed by atoms with Gasteiger partial charge in [-0.15, -0.1) is 0 Å². The molecule has 2 aromatic rings. The SMILES string of the molecule is Cc1cc(Cl)c2ncc(Br)c(Br)c2c1Cl. The first-order valence-electron chi connectivity index (χ1n) is 4.10. The minimum Gasteiger partial charge on any atom is -0.253 e. The van der Waals surface area contributed by atoms with E-state index in [0.717, 1.165) is 19.9 Å². The summed E-state index contributed by atoms with van der Waals surface area (Å²) in [4.78, 5) is 4.25. The second-order valence-electron chi connectivity index (χ2n) is 3.13. The highest BCUT2D eigenvalue weighted by Gasteiger charge is 2.13. The Morgan fingerprint density at radius 1 is 1.27 bits per heavy atom. The molecule has 0 aliphatic rings. The van der Waals surface area contributed by atoms with Gasteiger partial charge in [0, 0.05) is 16.1 Å². The molecular formula is C10H5Br2Cl2N. The number of halogens is 4. The molecule has 1 aromatic heterocycles. The van der Waals surface area contributed by atoms with Gasteiger partial charge in [0.15, 0.2) is 0 Å². The van der Waals surface area contributed by atoms with Crippen LogP contribution in [0.3, 0.4) is 0 Å². The summed E-state index contributed by atoms with van der Waals surface area (Å²) in [5.41, 5.74) is 1.65. The van der Waals surface area contributed by atoms with Crippen LogP contribution in [0, 0.1) is 6.92 Å². The second kappa shape index (κ2) is 4.21. The monoisotopic (exact) mass is 367 g/mol. The number of pyridine rings is 1. The Kier molecular flexibility index (Phi) is 3.27. The predicted octanol–water partition coefficient (Wildman–Crippen LogP) is 5.38. The fourth-order valence-electron chi connectivity index (χ4n) is 1.37. The number of fused-ring (bicyclic) bond motifs is 1. The molecule has 0 N–H and O–H groups in total. The Morgan fingerprint density at radius 3 is 2.60 bits per heavy atom. The maximum Gasteiger partial charge on any atom is 0.0915 e. The van der Waals surface area contributed by atoms with Gasteiger partial charge < -0.3 is 0 Å². The Bertz CT molecular complexity index is 547. The lowest BCUT2D eigenvalue weighted by Gasteiger charge is -2.08. The minimum absolute atomic E-state index is 0.611. The first-order chi connectivity index (χ1) is 7.02. The van der Waals surface area contributed by atoms with Crippen LogP contribution in [0.25, 0.3) is 10.9 Å². The van der Waals surface area contributed by atoms with E-state index in [4.69, 9.17) is 23.2 Å². The first-order valence-corrected chi connectivity index (χ1v) is 6.45. The number of benzene rings is 1. The van der Waals surface area contributed by atoms with Gasteiger partial charge in [0.25, 0.3) is 0 Å². The highest BCUT2D eigenvalue weighted by molar-refractivity contribution is 9.13. The van der Waals surface area contributed by atoms with Crippen molar-refractivity contribution in [3.05, 3.63) is 36.8 Å². The van der Waals surface area contributed by atoms with E-state index in [-0.39, 0.29) is 0 Å². The van der Waals surface area contributed by atoms with E-state index in [9.17, 15) is 0 Å². The molecule has 0 spiro atoms. The molecule has 0 aliphatic carbocycles. The molecule has 0 bridgehead atoms. The van der Waals surface area contributed by atoms with E-state index in [1.807, 2.05) is 13.0 Å². The van der Waals surface area contributed by atoms with E-state index in [1.54, 1.807) is 6.20 Å². The van der Waals surface area contributed by atoms with Gasteiger partial charge in [-0.2, -0.15) is 0 Å². The van der Waals surface area contributed by atoms with Crippen LogP contribution >= 0.6 is 55.1 Å². The number of aryl methyl sites for hydroxylation is 1. The van der Waals surface area contributed by atoms with Crippen LogP contribution in [0.1, 0.15) is 5.56 Å². The van der Waals surface area contributed by atoms with Gasteiger partial charge in [0.1, 0.15) is 0 Å². The summed E-state index contributed by atoms with van der Waals surface area (Å²) >= 11 is 19.2. The summed E-state index contributed by atoms with van der Waals surface area (Å²) < 4.78 is 1.74. The van der Waals surface area contributed by atoms with E-state index in [0.29, 0.717) is 15.6 Å². The Hall–Kier alpha value is 0.170. The fourth-order valence-corrected chi connectivity index (χ4v) is 2.81. The number of hydrogen-bond acceptors (Lipinski definition) is 1. The molecule has 1 aromatic carbocycles. The summed E-state index contributed by atoms with van der Waals surface area (Å²) in [6.07, 6.45) is 1.70. The van der Waals surface area contributed by atoms with E-state index < -0.39 is 0 Å². The van der Waals surface area contributed by atoms with Crippen molar-refractivity contribution in [1.82, 2.24) is 4.98 Å². The molecule has 0 aliphatic heterocycles. The summed E-state index contributed by atoms with van der Waals surface area (Å²) in [5.74, 6) is 0. The molecule has 15 heavy (non-hydrogen) atoms. The molecule has 5 heteroatoms. The summed E-state index contributed by atoms with van der Waals surface area (Å²) in [7, 11) is 0. The maximum atomic E-state index is 6.23. The Morgan fingerprint density at radius 2 is 1.93 bits per heavy atom. The molecule has 1 nitrogen and oxygen atoms in total. The zero-order chi connectivity index (χ0) is 11.2. The third-order valence-corrected chi connectivity index (χ3v) is 4.84. The summed E-state index contributed by atoms with van der Waals surface area (Å²) in [6, 6.07) is 1.82. The third-order valence-electron chi connectivity index (χ3n) is 2.11. The normalized spacial score (nSPS) is 11.0. The van der Waals surface area contributed by atoms with Gasteiger partial charge in [-0.3, -0.25) is 4.98 Å². The van der Waals surface area contributed by atoms with E-state index >= 15 is 0 Å². The number of aromatic nitrogens is 1. The maximum absolute atomic E-state index is 6.23. The smallest absolute Gasteiger partial charge is 0.0915 e. The zero-order valence-electron chi connectivity index (χ0n) is 7.61. The highest BCUT2D eigenvalue weighted by atomic mass is 79.9. The van der Waals surface area contributed by atoms with Gasteiger partial charge in [-0.25, -0.2) is 0 Å². The first kappa shape index (κ1) is 11.6. The average molecular weight is 370 g/mol. The summed E-state index contributed by atoms with van der Waals surface area (Å²) in [6.45, 7) is 1.92. The van der Waals surface area contributed by atoms with Crippen molar-refractivity contribution in [2.24, 2.45) is 0 Å². The number of nitrogens with zero attached hydrogens (tertiary/aromatic N) is 1. The lowest BCUT2D eigenvalue weighted by molar-refractivity contribution is 1.36. The third kappa shape index (κ3) is 1.91. The molecule has 0 saturated heterocycles. The van der Waals surface area contributed by atoms with Crippen molar-refractivity contribution in [3.63, 3.8) is 0 Å². The molecule has 0 saturated carbocycles. The van der Waals surface area contributed by atoms with Crippen LogP contribution in [-0.4, -0.2) is 4.98 Å². The number of hydrogen-bond donors (Lipinski definition) is 0. The van der Waals surface area contributed by atoms with Crippen LogP contribution < -0.4 is 0 Å². The van der Waals surface area contributed by atoms with E-state index in [1.165, 1.54) is 0 Å². The quantitative estimate of drug-likeness (QED) is 0.608. The zero-order valence-corrected chi connectivity index (χ0v) is 12.3. The standard InChI is InChI=1S/C10H5Br2Cl2N/c1-4-2-6(13)10-7(9(4)14)8(12)5(11)3-15-10/h2-3H,1H3. The minimum atomic E-state index is 0.611. The molecule has 2 rings (SSSR count). The van der Waals surface area contributed by atoms with Gasteiger partial charge in [0.05, 0.1) is 20.0 Å². The molecule has 78 valence electrons. The lowest BCUT2D eigenvalue weighted by atomic mass is 10.1. The van der Waals surface area contributed by atoms with Gasteiger partial charge in [0.2, 0.25) is 0 Å². The predicted molar refractivity (Wildman–Crippen MR) is 71.9 cm³/mol. The molecule has 0 amide bonds. The largest absolute Gasteiger partial charge is 0.253 e. The van der Waals surface area contributed by atoms with Gasteiger partial charge in [-0.1, -0.05) is 23.2 Å². The topological polar surface area (TPSA) is 12.9 Å². The van der Waals surface area contributed by atoms with Crippen molar-refractivity contribution in [1.29, 1.82) is 0 Å². The van der Waals surface area contributed by atoms with Crippen LogP contribution in [-0.2, 0) is 0 Å². The van der Waals surface area contributed by atoms with Crippen LogP contribution in [0.5, 0.6) is 0 Å². The lowest BCUT2D eigenvalue weighted by Crippen LogP contribution is -1.87. The average Bonchev–Trinajstić information content (AvgIpc) is 2.19. The van der Waals surface area contributed by atoms with Crippen molar-refractivity contribution in [2.45, 2.75) is 6.92 Å². The molecule has 0 fully saturated rings. The van der Waals surface area contributed by atoms with Gasteiger partial charge in [-0.05, 0) is 50.4 Å². The van der Waals surface area contributed by atoms with Crippen LogP contribution in [0.2, 0.25) is 10.0 Å². The van der Waals surface area contributed by atoms with Crippen molar-refractivity contribution < 1.29 is 0 Å². The van der Waals surface area contributed by atoms with E-state index in [2.05, 4.69) is 36.8 Å². The highest BCUT2D eigenvalue weighted by Crippen LogP contribution is 2.39. The summed E-state index contributed by atoms with van der Waals surface area (Å²) in [5, 5.41) is 2.13. The molecular weight excluding hydrogens is 365 g/mol. The van der Waals surface area contributed by atoms with Gasteiger partial charge >= 0.3 is 0 Å². The van der Waals surface area contributed by atoms with Crippen LogP contribution in [0.4, 0.5) is 0 Å². The van der Waals surface area contributed by atoms with Crippen molar-refractivity contribution in [2.75, 3.05) is 0 Å². The number of rotatable bonds is 0. The molecule has 0 atom stereocenters. The second-order valence-corrected chi connectivity index (χ2v) is 5.57. The molecule has 0 radical (unpaired) electrons. The molecule has 0 unspecified atom stereocenters. The molecule has 1 heterocycles. The van der Waals surface area contributed by atoms with Crippen molar-refractivity contribution in [3.8, 4) is 0 Å². The Balaban J connectivity index is 3.04. The van der Waals surface area contributed by atoms with Crippen molar-refractivity contribution >= 4 is 66.0 Å².